The van der Waals surface area contributed by atoms with Gasteiger partial charge in [-0.1, -0.05) is 27.2 Å². The van der Waals surface area contributed by atoms with Gasteiger partial charge in [-0.15, -0.1) is 0 Å². The van der Waals surface area contributed by atoms with E-state index in [9.17, 15) is 0 Å². The molecule has 98 valence electrons. The molecule has 0 aliphatic rings. The van der Waals surface area contributed by atoms with Crippen LogP contribution in [0, 0.1) is 5.92 Å². The van der Waals surface area contributed by atoms with Gasteiger partial charge < -0.3 is 10.5 Å². The maximum Gasteiger partial charge on any atom is 0.0618 e. The molecular weight excluding hydrogens is 200 g/mol. The number of hydrogen-bond donors (Lipinski definition) is 1. The van der Waals surface area contributed by atoms with Crippen molar-refractivity contribution in [1.29, 1.82) is 0 Å². The van der Waals surface area contributed by atoms with Crippen LogP contribution in [0.1, 0.15) is 40.0 Å². The minimum Gasteiger partial charge on any atom is -0.383 e. The van der Waals surface area contributed by atoms with Gasteiger partial charge in [-0.05, 0) is 31.8 Å². The molecule has 0 aromatic carbocycles. The van der Waals surface area contributed by atoms with Crippen LogP contribution >= 0.6 is 0 Å². The summed E-state index contributed by atoms with van der Waals surface area (Å²) in [6.07, 6.45) is 3.48. The van der Waals surface area contributed by atoms with E-state index >= 15 is 0 Å². The van der Waals surface area contributed by atoms with Crippen molar-refractivity contribution in [3.8, 4) is 0 Å². The van der Waals surface area contributed by atoms with E-state index in [0.717, 1.165) is 38.5 Å². The summed E-state index contributed by atoms with van der Waals surface area (Å²) in [6.45, 7) is 10.7. The van der Waals surface area contributed by atoms with Crippen LogP contribution in [0.25, 0.3) is 0 Å². The molecule has 0 aliphatic heterocycles. The van der Waals surface area contributed by atoms with E-state index in [0.29, 0.717) is 6.04 Å². The Morgan fingerprint density at radius 2 is 2.00 bits per heavy atom. The number of ether oxygens (including phenoxy) is 1. The summed E-state index contributed by atoms with van der Waals surface area (Å²) in [5.74, 6) is 0.761. The van der Waals surface area contributed by atoms with Crippen LogP contribution in [-0.4, -0.2) is 44.3 Å². The van der Waals surface area contributed by atoms with Crippen LogP contribution in [0.3, 0.4) is 0 Å². The molecule has 0 saturated carbocycles. The molecule has 3 heteroatoms. The third kappa shape index (κ3) is 6.46. The molecule has 0 bridgehead atoms. The third-order valence-corrected chi connectivity index (χ3v) is 3.27. The summed E-state index contributed by atoms with van der Waals surface area (Å²) in [6, 6.07) is 0.535. The van der Waals surface area contributed by atoms with Crippen LogP contribution in [0.15, 0.2) is 0 Å². The Bertz CT molecular complexity index is 153. The lowest BCUT2D eigenvalue weighted by molar-refractivity contribution is 0.0778. The van der Waals surface area contributed by atoms with Gasteiger partial charge in [-0.3, -0.25) is 4.90 Å². The van der Waals surface area contributed by atoms with Gasteiger partial charge in [0.2, 0.25) is 0 Å². The minimum atomic E-state index is 0.535. The summed E-state index contributed by atoms with van der Waals surface area (Å²) in [5, 5.41) is 0. The molecule has 0 aliphatic carbocycles. The minimum absolute atomic E-state index is 0.535. The molecule has 3 nitrogen and oxygen atoms in total. The van der Waals surface area contributed by atoms with Crippen molar-refractivity contribution in [2.45, 2.75) is 46.1 Å². The number of nitrogens with two attached hydrogens (primary N) is 1. The van der Waals surface area contributed by atoms with Crippen molar-refractivity contribution >= 4 is 0 Å². The summed E-state index contributed by atoms with van der Waals surface area (Å²) in [4.78, 5) is 2.54. The largest absolute Gasteiger partial charge is 0.383 e. The average molecular weight is 230 g/mol. The molecule has 0 spiro atoms. The first-order chi connectivity index (χ1) is 7.69. The highest BCUT2D eigenvalue weighted by Crippen LogP contribution is 2.12. The van der Waals surface area contributed by atoms with Crippen molar-refractivity contribution in [1.82, 2.24) is 4.90 Å². The molecule has 0 fully saturated rings. The topological polar surface area (TPSA) is 38.5 Å². The van der Waals surface area contributed by atoms with Gasteiger partial charge in [0.15, 0.2) is 0 Å². The molecule has 16 heavy (non-hydrogen) atoms. The molecule has 0 aromatic heterocycles. The number of nitrogens with zero attached hydrogens (tertiary/aromatic N) is 1. The summed E-state index contributed by atoms with van der Waals surface area (Å²) in [7, 11) is 1.78. The standard InChI is InChI=1S/C13H30N2O/c1-5-12(3)10-15(6-2)13(11-16-4)8-7-9-14/h12-13H,5-11,14H2,1-4H3. The fourth-order valence-electron chi connectivity index (χ4n) is 1.98. The smallest absolute Gasteiger partial charge is 0.0618 e. The van der Waals surface area contributed by atoms with Crippen molar-refractivity contribution in [3.63, 3.8) is 0 Å². The van der Waals surface area contributed by atoms with Gasteiger partial charge in [-0.2, -0.15) is 0 Å². The Morgan fingerprint density at radius 3 is 2.44 bits per heavy atom. The second-order valence-corrected chi connectivity index (χ2v) is 4.64. The summed E-state index contributed by atoms with van der Waals surface area (Å²) < 4.78 is 5.32. The van der Waals surface area contributed by atoms with Gasteiger partial charge in [-0.25, -0.2) is 0 Å². The molecule has 0 saturated heterocycles. The van der Waals surface area contributed by atoms with E-state index in [4.69, 9.17) is 10.5 Å². The van der Waals surface area contributed by atoms with Crippen molar-refractivity contribution in [2.75, 3.05) is 33.4 Å². The first-order valence-corrected chi connectivity index (χ1v) is 6.62. The quantitative estimate of drug-likeness (QED) is 0.625. The molecule has 0 heterocycles. The van der Waals surface area contributed by atoms with E-state index in [1.807, 2.05) is 0 Å². The number of hydrogen-bond acceptors (Lipinski definition) is 3. The normalized spacial score (nSPS) is 15.4. The van der Waals surface area contributed by atoms with E-state index < -0.39 is 0 Å². The van der Waals surface area contributed by atoms with Gasteiger partial charge in [0.25, 0.3) is 0 Å². The van der Waals surface area contributed by atoms with Crippen LogP contribution < -0.4 is 5.73 Å². The zero-order chi connectivity index (χ0) is 12.4. The number of methoxy groups -OCH3 is 1. The Labute approximate surface area is 101 Å². The lowest BCUT2D eigenvalue weighted by Gasteiger charge is -2.32. The van der Waals surface area contributed by atoms with Crippen molar-refractivity contribution in [2.24, 2.45) is 11.7 Å². The zero-order valence-electron chi connectivity index (χ0n) is 11.5. The predicted molar refractivity (Wildman–Crippen MR) is 70.7 cm³/mol. The van der Waals surface area contributed by atoms with E-state index in [1.165, 1.54) is 13.0 Å². The summed E-state index contributed by atoms with van der Waals surface area (Å²) in [5.41, 5.74) is 5.58. The zero-order valence-corrected chi connectivity index (χ0v) is 11.5. The average Bonchev–Trinajstić information content (AvgIpc) is 2.31. The number of rotatable bonds is 10. The second kappa shape index (κ2) is 10.1. The molecule has 0 radical (unpaired) electrons. The van der Waals surface area contributed by atoms with E-state index in [1.54, 1.807) is 7.11 Å². The molecule has 2 unspecified atom stereocenters. The highest BCUT2D eigenvalue weighted by Gasteiger charge is 2.17. The van der Waals surface area contributed by atoms with Crippen LogP contribution in [-0.2, 0) is 4.74 Å². The Kier molecular flexibility index (Phi) is 9.99. The highest BCUT2D eigenvalue weighted by atomic mass is 16.5. The fraction of sp³-hybridized carbons (Fsp3) is 1.00. The van der Waals surface area contributed by atoms with Crippen LogP contribution in [0.5, 0.6) is 0 Å². The SMILES string of the molecule is CCC(C)CN(CC)C(CCCN)COC. The van der Waals surface area contributed by atoms with Crippen LogP contribution in [0.2, 0.25) is 0 Å². The highest BCUT2D eigenvalue weighted by molar-refractivity contribution is 4.72. The van der Waals surface area contributed by atoms with Crippen molar-refractivity contribution < 1.29 is 4.74 Å². The lowest BCUT2D eigenvalue weighted by Crippen LogP contribution is -2.41. The van der Waals surface area contributed by atoms with Gasteiger partial charge in [0, 0.05) is 19.7 Å². The second-order valence-electron chi connectivity index (χ2n) is 4.64. The monoisotopic (exact) mass is 230 g/mol. The Morgan fingerprint density at radius 1 is 1.31 bits per heavy atom. The van der Waals surface area contributed by atoms with Gasteiger partial charge in [0.1, 0.15) is 0 Å². The maximum atomic E-state index is 5.58. The molecule has 0 aromatic rings. The van der Waals surface area contributed by atoms with Crippen LogP contribution in [0.4, 0.5) is 0 Å². The first-order valence-electron chi connectivity index (χ1n) is 6.62. The molecule has 2 N–H and O–H groups in total. The molecule has 2 atom stereocenters. The van der Waals surface area contributed by atoms with E-state index in [-0.39, 0.29) is 0 Å². The first kappa shape index (κ1) is 15.9. The molecule has 0 rings (SSSR count). The maximum absolute atomic E-state index is 5.58. The lowest BCUT2D eigenvalue weighted by atomic mass is 10.1. The number of likely N-dealkylation sites (N-methyl/N-ethyl adjacent to an activating group) is 1. The van der Waals surface area contributed by atoms with Gasteiger partial charge >= 0.3 is 0 Å². The van der Waals surface area contributed by atoms with Crippen molar-refractivity contribution in [3.05, 3.63) is 0 Å². The summed E-state index contributed by atoms with van der Waals surface area (Å²) >= 11 is 0. The molecular formula is C13H30N2O. The third-order valence-electron chi connectivity index (χ3n) is 3.27. The predicted octanol–water partition coefficient (Wildman–Crippen LogP) is 2.11. The fourth-order valence-corrected chi connectivity index (χ4v) is 1.98. The Hall–Kier alpha value is -0.120. The molecule has 0 amide bonds. The van der Waals surface area contributed by atoms with E-state index in [2.05, 4.69) is 25.7 Å². The Balaban J connectivity index is 4.20. The van der Waals surface area contributed by atoms with Gasteiger partial charge in [0.05, 0.1) is 6.61 Å².